The zero-order valence-electron chi connectivity index (χ0n) is 8.97. The number of rotatable bonds is 2. The fraction of sp³-hybridized carbons (Fsp3) is 0.364. The number of hydrogen-bond donors (Lipinski definition) is 2. The maximum Gasteiger partial charge on any atom is 0.237 e. The van der Waals surface area contributed by atoms with E-state index in [1.807, 2.05) is 6.92 Å². The van der Waals surface area contributed by atoms with Crippen molar-refractivity contribution in [1.29, 1.82) is 0 Å². The average molecular weight is 272 g/mol. The summed E-state index contributed by atoms with van der Waals surface area (Å²) in [4.78, 5) is 11.2. The summed E-state index contributed by atoms with van der Waals surface area (Å²) in [7, 11) is 0. The molecule has 1 amide bonds. The van der Waals surface area contributed by atoms with Gasteiger partial charge in [0.05, 0.1) is 4.83 Å². The third-order valence-electron chi connectivity index (χ3n) is 2.25. The van der Waals surface area contributed by atoms with E-state index in [2.05, 4.69) is 21.2 Å². The van der Waals surface area contributed by atoms with Crippen LogP contribution in [0.3, 0.4) is 0 Å². The molecule has 0 heterocycles. The minimum absolute atomic E-state index is 0.124. The van der Waals surface area contributed by atoms with Gasteiger partial charge in [-0.1, -0.05) is 22.0 Å². The van der Waals surface area contributed by atoms with Crippen LogP contribution in [0, 0.1) is 13.8 Å². The topological polar surface area (TPSA) is 49.3 Å². The molecule has 3 nitrogen and oxygen atoms in total. The summed E-state index contributed by atoms with van der Waals surface area (Å²) in [5, 5.41) is 12.4. The van der Waals surface area contributed by atoms with Crippen molar-refractivity contribution in [2.24, 2.45) is 0 Å². The van der Waals surface area contributed by atoms with E-state index in [1.54, 1.807) is 26.0 Å². The zero-order chi connectivity index (χ0) is 11.6. The van der Waals surface area contributed by atoms with Crippen molar-refractivity contribution < 1.29 is 9.90 Å². The van der Waals surface area contributed by atoms with E-state index in [9.17, 15) is 9.90 Å². The molecule has 0 aliphatic heterocycles. The van der Waals surface area contributed by atoms with E-state index >= 15 is 0 Å². The summed E-state index contributed by atoms with van der Waals surface area (Å²) in [6.07, 6.45) is 0. The first-order chi connectivity index (χ1) is 6.93. The van der Waals surface area contributed by atoms with Gasteiger partial charge in [-0.05, 0) is 32.4 Å². The zero-order valence-corrected chi connectivity index (χ0v) is 10.6. The third kappa shape index (κ3) is 2.72. The molecule has 0 fully saturated rings. The molecule has 0 saturated heterocycles. The highest BCUT2D eigenvalue weighted by atomic mass is 79.9. The van der Waals surface area contributed by atoms with E-state index in [0.29, 0.717) is 11.3 Å². The van der Waals surface area contributed by atoms with Gasteiger partial charge >= 0.3 is 0 Å². The first kappa shape index (κ1) is 12.0. The van der Waals surface area contributed by atoms with Crippen molar-refractivity contribution in [2.45, 2.75) is 25.6 Å². The first-order valence-corrected chi connectivity index (χ1v) is 5.59. The molecule has 0 spiro atoms. The van der Waals surface area contributed by atoms with E-state index in [1.165, 1.54) is 0 Å². The van der Waals surface area contributed by atoms with Gasteiger partial charge in [-0.3, -0.25) is 4.79 Å². The van der Waals surface area contributed by atoms with E-state index in [4.69, 9.17) is 0 Å². The normalized spacial score (nSPS) is 12.3. The van der Waals surface area contributed by atoms with Crippen molar-refractivity contribution in [3.05, 3.63) is 23.3 Å². The highest BCUT2D eigenvalue weighted by Crippen LogP contribution is 2.28. The number of anilines is 1. The standard InChI is InChI=1S/C11H14BrNO2/c1-6-4-5-9(7(2)10(6)14)13-11(15)8(3)12/h4-5,8,14H,1-3H3,(H,13,15). The van der Waals surface area contributed by atoms with Crippen LogP contribution >= 0.6 is 15.9 Å². The van der Waals surface area contributed by atoms with Crippen LogP contribution in [-0.2, 0) is 4.79 Å². The highest BCUT2D eigenvalue weighted by Gasteiger charge is 2.12. The van der Waals surface area contributed by atoms with Gasteiger partial charge < -0.3 is 10.4 Å². The fourth-order valence-corrected chi connectivity index (χ4v) is 1.32. The number of aryl methyl sites for hydroxylation is 1. The summed E-state index contributed by atoms with van der Waals surface area (Å²) in [6.45, 7) is 5.34. The van der Waals surface area contributed by atoms with Gasteiger partial charge in [0.1, 0.15) is 5.75 Å². The molecule has 1 aromatic rings. The van der Waals surface area contributed by atoms with Crippen LogP contribution in [0.4, 0.5) is 5.69 Å². The lowest BCUT2D eigenvalue weighted by atomic mass is 10.1. The van der Waals surface area contributed by atoms with Gasteiger partial charge in [0.25, 0.3) is 0 Å². The number of alkyl halides is 1. The Labute approximate surface area is 97.6 Å². The molecule has 82 valence electrons. The van der Waals surface area contributed by atoms with Crippen molar-refractivity contribution >= 4 is 27.5 Å². The SMILES string of the molecule is Cc1ccc(NC(=O)C(C)Br)c(C)c1O. The van der Waals surface area contributed by atoms with Gasteiger partial charge in [0.2, 0.25) is 5.91 Å². The van der Waals surface area contributed by atoms with Crippen molar-refractivity contribution in [1.82, 2.24) is 0 Å². The molecule has 1 unspecified atom stereocenters. The summed E-state index contributed by atoms with van der Waals surface area (Å²) in [6, 6.07) is 3.56. The summed E-state index contributed by atoms with van der Waals surface area (Å²) in [5.41, 5.74) is 2.14. The molecule has 0 aliphatic rings. The second-order valence-corrected chi connectivity index (χ2v) is 4.88. The Morgan fingerprint density at radius 3 is 2.60 bits per heavy atom. The number of hydrogen-bond acceptors (Lipinski definition) is 2. The molecule has 1 atom stereocenters. The summed E-state index contributed by atoms with van der Waals surface area (Å²) in [5.74, 6) is 0.108. The minimum atomic E-state index is -0.250. The fourth-order valence-electron chi connectivity index (χ4n) is 1.20. The van der Waals surface area contributed by atoms with Crippen molar-refractivity contribution in [3.63, 3.8) is 0 Å². The van der Waals surface area contributed by atoms with Gasteiger partial charge in [-0.2, -0.15) is 0 Å². The third-order valence-corrected chi connectivity index (χ3v) is 2.67. The molecule has 15 heavy (non-hydrogen) atoms. The van der Waals surface area contributed by atoms with Gasteiger partial charge in [0, 0.05) is 11.3 Å². The lowest BCUT2D eigenvalue weighted by Crippen LogP contribution is -2.20. The lowest BCUT2D eigenvalue weighted by Gasteiger charge is -2.12. The molecule has 1 aromatic carbocycles. The predicted octanol–water partition coefficient (Wildman–Crippen LogP) is 2.73. The number of aromatic hydroxyl groups is 1. The number of amides is 1. The number of halogens is 1. The van der Waals surface area contributed by atoms with Gasteiger partial charge in [0.15, 0.2) is 0 Å². The van der Waals surface area contributed by atoms with Crippen LogP contribution in [0.25, 0.3) is 0 Å². The van der Waals surface area contributed by atoms with Crippen molar-refractivity contribution in [3.8, 4) is 5.75 Å². The maximum absolute atomic E-state index is 11.4. The van der Waals surface area contributed by atoms with E-state index in [-0.39, 0.29) is 16.5 Å². The van der Waals surface area contributed by atoms with Gasteiger partial charge in [-0.15, -0.1) is 0 Å². The van der Waals surface area contributed by atoms with E-state index in [0.717, 1.165) is 5.56 Å². The largest absolute Gasteiger partial charge is 0.507 e. The number of phenols is 1. The van der Waals surface area contributed by atoms with E-state index < -0.39 is 0 Å². The second kappa shape index (κ2) is 4.66. The maximum atomic E-state index is 11.4. The Morgan fingerprint density at radius 1 is 1.47 bits per heavy atom. The molecule has 0 aliphatic carbocycles. The molecule has 0 aromatic heterocycles. The van der Waals surface area contributed by atoms with Crippen LogP contribution in [0.5, 0.6) is 5.75 Å². The monoisotopic (exact) mass is 271 g/mol. The highest BCUT2D eigenvalue weighted by molar-refractivity contribution is 9.10. The first-order valence-electron chi connectivity index (χ1n) is 4.67. The second-order valence-electron chi connectivity index (χ2n) is 3.51. The molecular weight excluding hydrogens is 258 g/mol. The molecule has 0 bridgehead atoms. The molecule has 4 heteroatoms. The quantitative estimate of drug-likeness (QED) is 0.813. The molecule has 0 saturated carbocycles. The van der Waals surface area contributed by atoms with Crippen LogP contribution in [0.15, 0.2) is 12.1 Å². The Balaban J connectivity index is 2.97. The Hall–Kier alpha value is -1.03. The molecule has 1 rings (SSSR count). The lowest BCUT2D eigenvalue weighted by molar-refractivity contribution is -0.115. The minimum Gasteiger partial charge on any atom is -0.507 e. The number of phenolic OH excluding ortho intramolecular Hbond substituents is 1. The number of benzene rings is 1. The smallest absolute Gasteiger partial charge is 0.237 e. The number of nitrogens with one attached hydrogen (secondary N) is 1. The molecule has 2 N–H and O–H groups in total. The number of carbonyl (C=O) groups is 1. The molecule has 0 radical (unpaired) electrons. The Kier molecular flexibility index (Phi) is 3.74. The van der Waals surface area contributed by atoms with Crippen LogP contribution in [-0.4, -0.2) is 15.8 Å². The Bertz CT molecular complexity index is 388. The average Bonchev–Trinajstić information content (AvgIpc) is 2.18. The van der Waals surface area contributed by atoms with Crippen molar-refractivity contribution in [2.75, 3.05) is 5.32 Å². The van der Waals surface area contributed by atoms with Crippen LogP contribution in [0.1, 0.15) is 18.1 Å². The van der Waals surface area contributed by atoms with Crippen LogP contribution < -0.4 is 5.32 Å². The Morgan fingerprint density at radius 2 is 2.07 bits per heavy atom. The molecular formula is C11H14BrNO2. The summed E-state index contributed by atoms with van der Waals surface area (Å²) >= 11 is 3.18. The van der Waals surface area contributed by atoms with Gasteiger partial charge in [-0.25, -0.2) is 0 Å². The van der Waals surface area contributed by atoms with Crippen LogP contribution in [0.2, 0.25) is 0 Å². The predicted molar refractivity (Wildman–Crippen MR) is 64.6 cm³/mol. The summed E-state index contributed by atoms with van der Waals surface area (Å²) < 4.78 is 0. The number of carbonyl (C=O) groups excluding carboxylic acids is 1.